The lowest BCUT2D eigenvalue weighted by Gasteiger charge is -2.15. The molecule has 0 amide bonds. The molecule has 3 aromatic rings. The van der Waals surface area contributed by atoms with Crippen LogP contribution < -0.4 is 4.57 Å². The number of carbonyl (C=O) groups is 1. The third kappa shape index (κ3) is 5.13. The zero-order chi connectivity index (χ0) is 21.8. The predicted molar refractivity (Wildman–Crippen MR) is 121 cm³/mol. The fourth-order valence-corrected chi connectivity index (χ4v) is 4.32. The molecule has 6 nitrogen and oxygen atoms in total. The summed E-state index contributed by atoms with van der Waals surface area (Å²) in [5.74, 6) is -0.191. The summed E-state index contributed by atoms with van der Waals surface area (Å²) in [5, 5.41) is 2.07. The normalized spacial score (nSPS) is 13.7. The van der Waals surface area contributed by atoms with E-state index in [4.69, 9.17) is 4.55 Å². The van der Waals surface area contributed by atoms with Gasteiger partial charge in [0.05, 0.1) is 12.3 Å². The maximum atomic E-state index is 12.9. The van der Waals surface area contributed by atoms with Gasteiger partial charge in [0.25, 0.3) is 10.1 Å². The van der Waals surface area contributed by atoms with Gasteiger partial charge in [-0.05, 0) is 23.4 Å². The van der Waals surface area contributed by atoms with Crippen LogP contribution in [0.3, 0.4) is 0 Å². The number of aliphatic imine (C=N–C) groups is 1. The van der Waals surface area contributed by atoms with Crippen LogP contribution in [-0.4, -0.2) is 37.3 Å². The molecule has 0 radical (unpaired) electrons. The second kappa shape index (κ2) is 8.91. The number of aryl methyl sites for hydroxylation is 1. The molecule has 158 valence electrons. The Hall–Kier alpha value is -3.16. The second-order valence-electron chi connectivity index (χ2n) is 7.58. The maximum Gasteiger partial charge on any atom is 0.264 e. The van der Waals surface area contributed by atoms with Crippen LogP contribution in [0.5, 0.6) is 0 Å². The fourth-order valence-electron chi connectivity index (χ4n) is 3.76. The van der Waals surface area contributed by atoms with E-state index >= 15 is 0 Å². The third-order valence-corrected chi connectivity index (χ3v) is 6.10. The highest BCUT2D eigenvalue weighted by Gasteiger charge is 2.20. The van der Waals surface area contributed by atoms with Crippen molar-refractivity contribution in [3.63, 3.8) is 0 Å². The SMILES string of the molecule is O=C1C(CN=Cc2cc[n+](CCCCS(=O)(=O)O)cc2)=Cc2cccc3cccc1c23. The summed E-state index contributed by atoms with van der Waals surface area (Å²) in [6.07, 6.45) is 8.55. The number of aromatic nitrogens is 1. The number of pyridine rings is 1. The summed E-state index contributed by atoms with van der Waals surface area (Å²) in [6.45, 7) is 0.980. The van der Waals surface area contributed by atoms with E-state index in [9.17, 15) is 13.2 Å². The number of Topliss-reactive ketones (excluding diaryl/α,β-unsaturated/α-hetero) is 1. The van der Waals surface area contributed by atoms with Crippen LogP contribution >= 0.6 is 0 Å². The van der Waals surface area contributed by atoms with Crippen molar-refractivity contribution in [1.29, 1.82) is 0 Å². The first-order valence-corrected chi connectivity index (χ1v) is 11.7. The molecular formula is C24H23N2O4S+. The molecule has 0 atom stereocenters. The van der Waals surface area contributed by atoms with Crippen molar-refractivity contribution in [2.24, 2.45) is 4.99 Å². The van der Waals surface area contributed by atoms with Gasteiger partial charge in [0.2, 0.25) is 0 Å². The van der Waals surface area contributed by atoms with Gasteiger partial charge in [0, 0.05) is 46.9 Å². The number of carbonyl (C=O) groups excluding carboxylic acids is 1. The van der Waals surface area contributed by atoms with Crippen molar-refractivity contribution in [3.8, 4) is 0 Å². The van der Waals surface area contributed by atoms with Crippen molar-refractivity contribution in [2.75, 3.05) is 12.3 Å². The van der Waals surface area contributed by atoms with Crippen molar-refractivity contribution in [1.82, 2.24) is 0 Å². The van der Waals surface area contributed by atoms with Gasteiger partial charge in [-0.25, -0.2) is 4.57 Å². The molecule has 0 bridgehead atoms. The van der Waals surface area contributed by atoms with Crippen molar-refractivity contribution in [3.05, 3.63) is 83.2 Å². The van der Waals surface area contributed by atoms with Gasteiger partial charge in [0.15, 0.2) is 18.2 Å². The standard InChI is InChI=1S/C24H22N2O4S/c27-24-21(15-20-7-3-5-19-6-4-8-22(24)23(19)20)17-25-16-18-9-12-26(13-10-18)11-1-2-14-31(28,29)30/h3-10,12-13,15-16H,1-2,11,14,17H2/p+1. The van der Waals surface area contributed by atoms with Gasteiger partial charge in [-0.15, -0.1) is 0 Å². The van der Waals surface area contributed by atoms with E-state index in [0.29, 0.717) is 31.5 Å². The molecule has 0 fully saturated rings. The lowest BCUT2D eigenvalue weighted by molar-refractivity contribution is -0.697. The van der Waals surface area contributed by atoms with Crippen LogP contribution in [-0.2, 0) is 16.7 Å². The number of nitrogens with zero attached hydrogens (tertiary/aromatic N) is 2. The van der Waals surface area contributed by atoms with Crippen LogP contribution in [0.4, 0.5) is 0 Å². The topological polar surface area (TPSA) is 87.7 Å². The highest BCUT2D eigenvalue weighted by atomic mass is 32.2. The van der Waals surface area contributed by atoms with Crippen LogP contribution in [0.2, 0.25) is 0 Å². The van der Waals surface area contributed by atoms with Crippen molar-refractivity contribution < 1.29 is 22.3 Å². The molecule has 1 aliphatic rings. The Morgan fingerprint density at radius 2 is 1.74 bits per heavy atom. The van der Waals surface area contributed by atoms with Crippen LogP contribution in [0.15, 0.2) is 71.5 Å². The number of hydrogen-bond acceptors (Lipinski definition) is 4. The minimum Gasteiger partial charge on any atom is -0.289 e. The molecule has 0 unspecified atom stereocenters. The Morgan fingerprint density at radius 3 is 2.48 bits per heavy atom. The minimum absolute atomic E-state index is 0.0252. The van der Waals surface area contributed by atoms with E-state index in [-0.39, 0.29) is 11.5 Å². The number of unbranched alkanes of at least 4 members (excludes halogenated alkanes) is 1. The van der Waals surface area contributed by atoms with Gasteiger partial charge < -0.3 is 0 Å². The van der Waals surface area contributed by atoms with Crippen LogP contribution in [0, 0.1) is 0 Å². The molecule has 0 saturated carbocycles. The highest BCUT2D eigenvalue weighted by molar-refractivity contribution is 7.85. The minimum atomic E-state index is -3.89. The second-order valence-corrected chi connectivity index (χ2v) is 9.15. The first-order chi connectivity index (χ1) is 14.9. The predicted octanol–water partition coefficient (Wildman–Crippen LogP) is 3.49. The lowest BCUT2D eigenvalue weighted by atomic mass is 9.88. The molecule has 1 aliphatic carbocycles. The highest BCUT2D eigenvalue weighted by Crippen LogP contribution is 2.31. The summed E-state index contributed by atoms with van der Waals surface area (Å²) in [5.41, 5.74) is 3.37. The molecule has 0 spiro atoms. The van der Waals surface area contributed by atoms with Crippen molar-refractivity contribution >= 4 is 39.0 Å². The summed E-state index contributed by atoms with van der Waals surface area (Å²) in [6, 6.07) is 15.7. The maximum absolute atomic E-state index is 12.9. The summed E-state index contributed by atoms with van der Waals surface area (Å²) >= 11 is 0. The Bertz CT molecular complexity index is 1290. The van der Waals surface area contributed by atoms with E-state index in [1.165, 1.54) is 0 Å². The summed E-state index contributed by atoms with van der Waals surface area (Å²) in [7, 11) is -3.89. The number of rotatable bonds is 8. The summed E-state index contributed by atoms with van der Waals surface area (Å²) < 4.78 is 32.2. The van der Waals surface area contributed by atoms with E-state index in [1.807, 2.05) is 71.6 Å². The lowest BCUT2D eigenvalue weighted by Crippen LogP contribution is -2.32. The largest absolute Gasteiger partial charge is 0.289 e. The van der Waals surface area contributed by atoms with Gasteiger partial charge >= 0.3 is 0 Å². The third-order valence-electron chi connectivity index (χ3n) is 5.29. The Balaban J connectivity index is 1.38. The molecule has 7 heteroatoms. The molecular weight excluding hydrogens is 412 g/mol. The van der Waals surface area contributed by atoms with Crippen molar-refractivity contribution in [2.45, 2.75) is 19.4 Å². The number of benzene rings is 2. The smallest absolute Gasteiger partial charge is 0.264 e. The quantitative estimate of drug-likeness (QED) is 0.254. The van der Waals surface area contributed by atoms with Crippen LogP contribution in [0.25, 0.3) is 16.8 Å². The monoisotopic (exact) mass is 435 g/mol. The molecule has 4 rings (SSSR count). The Labute approximate surface area is 181 Å². The Kier molecular flexibility index (Phi) is 6.06. The fraction of sp³-hybridized carbons (Fsp3) is 0.208. The number of hydrogen-bond donors (Lipinski definition) is 1. The molecule has 0 aliphatic heterocycles. The number of ketones is 1. The first-order valence-electron chi connectivity index (χ1n) is 10.1. The zero-order valence-electron chi connectivity index (χ0n) is 16.9. The molecule has 2 aromatic carbocycles. The van der Waals surface area contributed by atoms with Crippen LogP contribution in [0.1, 0.15) is 34.3 Å². The zero-order valence-corrected chi connectivity index (χ0v) is 17.8. The van der Waals surface area contributed by atoms with E-state index in [0.717, 1.165) is 27.5 Å². The summed E-state index contributed by atoms with van der Waals surface area (Å²) in [4.78, 5) is 17.3. The molecule has 31 heavy (non-hydrogen) atoms. The molecule has 0 saturated heterocycles. The molecule has 1 heterocycles. The van der Waals surface area contributed by atoms with Gasteiger partial charge in [-0.1, -0.05) is 36.4 Å². The molecule has 1 N–H and O–H groups in total. The first kappa shape index (κ1) is 21.1. The van der Waals surface area contributed by atoms with Gasteiger partial charge in [0.1, 0.15) is 6.54 Å². The van der Waals surface area contributed by atoms with E-state index in [2.05, 4.69) is 4.99 Å². The Morgan fingerprint density at radius 1 is 1.00 bits per heavy atom. The molecule has 1 aromatic heterocycles. The average molecular weight is 436 g/mol. The van der Waals surface area contributed by atoms with E-state index < -0.39 is 10.1 Å². The van der Waals surface area contributed by atoms with Gasteiger partial charge in [-0.2, -0.15) is 8.42 Å². The van der Waals surface area contributed by atoms with E-state index in [1.54, 1.807) is 6.21 Å². The van der Waals surface area contributed by atoms with Gasteiger partial charge in [-0.3, -0.25) is 14.3 Å². The average Bonchev–Trinajstić information content (AvgIpc) is 2.75.